The monoisotopic (exact) mass is 413 g/mol. The van der Waals surface area contributed by atoms with Crippen LogP contribution < -0.4 is 10.6 Å². The number of aryl methyl sites for hydroxylation is 1. The number of rotatable bonds is 9. The zero-order chi connectivity index (χ0) is 20.8. The third-order valence-corrected chi connectivity index (χ3v) is 5.45. The molecular formula is C20H23N5O3S. The summed E-state index contributed by atoms with van der Waals surface area (Å²) in [4.78, 5) is 25.7. The number of nitrogens with two attached hydrogens (primary N) is 1. The Hall–Kier alpha value is -3.07. The van der Waals surface area contributed by atoms with Gasteiger partial charge in [0.15, 0.2) is 5.16 Å². The van der Waals surface area contributed by atoms with E-state index < -0.39 is 5.91 Å². The number of thioether (sulfide) groups is 1. The van der Waals surface area contributed by atoms with Gasteiger partial charge in [0.2, 0.25) is 11.8 Å². The molecule has 152 valence electrons. The number of benzene rings is 1. The van der Waals surface area contributed by atoms with Gasteiger partial charge in [-0.2, -0.15) is 0 Å². The Morgan fingerprint density at radius 1 is 1.21 bits per heavy atom. The zero-order valence-electron chi connectivity index (χ0n) is 16.3. The molecule has 0 fully saturated rings. The summed E-state index contributed by atoms with van der Waals surface area (Å²) >= 11 is 1.32. The number of furan rings is 1. The van der Waals surface area contributed by atoms with E-state index in [1.807, 2.05) is 47.9 Å². The lowest BCUT2D eigenvalue weighted by Crippen LogP contribution is -2.33. The maximum absolute atomic E-state index is 12.9. The molecule has 0 aliphatic heterocycles. The van der Waals surface area contributed by atoms with E-state index in [1.165, 1.54) is 11.8 Å². The minimum atomic E-state index is -0.403. The predicted molar refractivity (Wildman–Crippen MR) is 111 cm³/mol. The topological polar surface area (TPSA) is 107 Å². The molecule has 0 unspecified atom stereocenters. The number of carbonyl (C=O) groups is 2. The van der Waals surface area contributed by atoms with E-state index in [-0.39, 0.29) is 17.6 Å². The van der Waals surface area contributed by atoms with Crippen molar-refractivity contribution in [1.82, 2.24) is 14.8 Å². The van der Waals surface area contributed by atoms with Gasteiger partial charge in [0, 0.05) is 25.6 Å². The van der Waals surface area contributed by atoms with Crippen LogP contribution in [0.5, 0.6) is 0 Å². The third kappa shape index (κ3) is 5.26. The molecule has 2 heterocycles. The molecule has 9 heteroatoms. The van der Waals surface area contributed by atoms with Gasteiger partial charge in [-0.15, -0.1) is 10.2 Å². The molecule has 1 atom stereocenters. The fourth-order valence-electron chi connectivity index (χ4n) is 2.80. The van der Waals surface area contributed by atoms with Crippen molar-refractivity contribution < 1.29 is 14.0 Å². The number of hydrogen-bond donors (Lipinski definition) is 1. The SMILES string of the molecule is C[C@H](Sc1nnc(CCC(N)=O)n1Cc1ccco1)C(=O)N(C)c1ccccc1. The van der Waals surface area contributed by atoms with E-state index >= 15 is 0 Å². The standard InChI is InChI=1S/C20H23N5O3S/c1-14(19(27)24(2)15-7-4-3-5-8-15)29-20-23-22-18(11-10-17(21)26)25(20)13-16-9-6-12-28-16/h3-9,12,14H,10-11,13H2,1-2H3,(H2,21,26)/t14-/m0/s1. The Kier molecular flexibility index (Phi) is 6.71. The van der Waals surface area contributed by atoms with Gasteiger partial charge in [-0.05, 0) is 31.2 Å². The molecule has 0 aliphatic rings. The summed E-state index contributed by atoms with van der Waals surface area (Å²) in [5.74, 6) is 0.901. The first-order valence-corrected chi connectivity index (χ1v) is 10.1. The average Bonchev–Trinajstić information content (AvgIpc) is 3.37. The van der Waals surface area contributed by atoms with Crippen LogP contribution in [-0.4, -0.2) is 38.9 Å². The first-order valence-electron chi connectivity index (χ1n) is 9.17. The number of amides is 2. The van der Waals surface area contributed by atoms with Crippen LogP contribution in [0.1, 0.15) is 24.9 Å². The third-order valence-electron chi connectivity index (χ3n) is 4.39. The van der Waals surface area contributed by atoms with Crippen LogP contribution in [0.15, 0.2) is 58.3 Å². The van der Waals surface area contributed by atoms with E-state index in [1.54, 1.807) is 24.3 Å². The van der Waals surface area contributed by atoms with Crippen molar-refractivity contribution in [2.45, 2.75) is 36.7 Å². The molecular weight excluding hydrogens is 390 g/mol. The summed E-state index contributed by atoms with van der Waals surface area (Å²) in [5, 5.41) is 8.64. The lowest BCUT2D eigenvalue weighted by atomic mass is 10.3. The second-order valence-corrected chi connectivity index (χ2v) is 7.83. The van der Waals surface area contributed by atoms with Crippen LogP contribution in [0.25, 0.3) is 0 Å². The van der Waals surface area contributed by atoms with Gasteiger partial charge in [-0.3, -0.25) is 14.2 Å². The molecule has 29 heavy (non-hydrogen) atoms. The van der Waals surface area contributed by atoms with Crippen molar-refractivity contribution in [2.24, 2.45) is 5.73 Å². The van der Waals surface area contributed by atoms with Crippen molar-refractivity contribution in [2.75, 3.05) is 11.9 Å². The van der Waals surface area contributed by atoms with Crippen molar-refractivity contribution >= 4 is 29.3 Å². The van der Waals surface area contributed by atoms with Crippen molar-refractivity contribution in [3.8, 4) is 0 Å². The van der Waals surface area contributed by atoms with Crippen molar-refractivity contribution in [3.05, 3.63) is 60.3 Å². The second-order valence-electron chi connectivity index (χ2n) is 6.52. The molecule has 3 rings (SSSR count). The highest BCUT2D eigenvalue weighted by Gasteiger charge is 2.24. The van der Waals surface area contributed by atoms with Gasteiger partial charge in [-0.1, -0.05) is 30.0 Å². The summed E-state index contributed by atoms with van der Waals surface area (Å²) in [6.45, 7) is 2.24. The van der Waals surface area contributed by atoms with E-state index in [0.29, 0.717) is 23.9 Å². The molecule has 3 aromatic rings. The van der Waals surface area contributed by atoms with Crippen LogP contribution in [0, 0.1) is 0 Å². The summed E-state index contributed by atoms with van der Waals surface area (Å²) in [5.41, 5.74) is 6.10. The van der Waals surface area contributed by atoms with Crippen LogP contribution in [0.2, 0.25) is 0 Å². The van der Waals surface area contributed by atoms with Gasteiger partial charge in [-0.25, -0.2) is 0 Å². The van der Waals surface area contributed by atoms with Crippen LogP contribution in [0.4, 0.5) is 5.69 Å². The van der Waals surface area contributed by atoms with E-state index in [4.69, 9.17) is 10.2 Å². The molecule has 2 aromatic heterocycles. The van der Waals surface area contributed by atoms with Gasteiger partial charge >= 0.3 is 0 Å². The largest absolute Gasteiger partial charge is 0.467 e. The quantitative estimate of drug-likeness (QED) is 0.540. The number of primary amides is 1. The van der Waals surface area contributed by atoms with E-state index in [2.05, 4.69) is 10.2 Å². The average molecular weight is 414 g/mol. The molecule has 1 aromatic carbocycles. The molecule has 2 amide bonds. The van der Waals surface area contributed by atoms with E-state index in [0.717, 1.165) is 11.4 Å². The highest BCUT2D eigenvalue weighted by atomic mass is 32.2. The Morgan fingerprint density at radius 2 is 1.97 bits per heavy atom. The molecule has 2 N–H and O–H groups in total. The molecule has 0 radical (unpaired) electrons. The first kappa shape index (κ1) is 20.7. The van der Waals surface area contributed by atoms with Crippen molar-refractivity contribution in [3.63, 3.8) is 0 Å². The van der Waals surface area contributed by atoms with Gasteiger partial charge < -0.3 is 15.1 Å². The highest BCUT2D eigenvalue weighted by Crippen LogP contribution is 2.26. The number of carbonyl (C=O) groups excluding carboxylic acids is 2. The molecule has 8 nitrogen and oxygen atoms in total. The maximum Gasteiger partial charge on any atom is 0.240 e. The maximum atomic E-state index is 12.9. The number of anilines is 1. The Morgan fingerprint density at radius 3 is 2.62 bits per heavy atom. The Bertz CT molecular complexity index is 956. The highest BCUT2D eigenvalue weighted by molar-refractivity contribution is 8.00. The molecule has 0 spiro atoms. The Balaban J connectivity index is 1.78. The summed E-state index contributed by atoms with van der Waals surface area (Å²) in [6.07, 6.45) is 2.14. The summed E-state index contributed by atoms with van der Waals surface area (Å²) in [7, 11) is 1.75. The smallest absolute Gasteiger partial charge is 0.240 e. The molecule has 0 saturated carbocycles. The molecule has 0 bridgehead atoms. The van der Waals surface area contributed by atoms with Crippen LogP contribution >= 0.6 is 11.8 Å². The fourth-order valence-corrected chi connectivity index (χ4v) is 3.76. The van der Waals surface area contributed by atoms with E-state index in [9.17, 15) is 9.59 Å². The molecule has 0 aliphatic carbocycles. The second kappa shape index (κ2) is 9.42. The number of aromatic nitrogens is 3. The van der Waals surface area contributed by atoms with Gasteiger partial charge in [0.05, 0.1) is 18.1 Å². The molecule has 0 saturated heterocycles. The number of para-hydroxylation sites is 1. The zero-order valence-corrected chi connectivity index (χ0v) is 17.1. The Labute approximate surface area is 173 Å². The lowest BCUT2D eigenvalue weighted by molar-refractivity contribution is -0.118. The van der Waals surface area contributed by atoms with Crippen LogP contribution in [-0.2, 0) is 22.6 Å². The minimum Gasteiger partial charge on any atom is -0.467 e. The fraction of sp³-hybridized carbons (Fsp3) is 0.300. The lowest BCUT2D eigenvalue weighted by Gasteiger charge is -2.21. The minimum absolute atomic E-state index is 0.0487. The van der Waals surface area contributed by atoms with Gasteiger partial charge in [0.25, 0.3) is 0 Å². The van der Waals surface area contributed by atoms with Crippen LogP contribution in [0.3, 0.4) is 0 Å². The predicted octanol–water partition coefficient (Wildman–Crippen LogP) is 2.48. The van der Waals surface area contributed by atoms with Crippen molar-refractivity contribution in [1.29, 1.82) is 0 Å². The normalized spacial score (nSPS) is 11.9. The number of nitrogens with zero attached hydrogens (tertiary/aromatic N) is 4. The van der Waals surface area contributed by atoms with Gasteiger partial charge in [0.1, 0.15) is 11.6 Å². The summed E-state index contributed by atoms with van der Waals surface area (Å²) in [6, 6.07) is 13.1. The number of hydrogen-bond acceptors (Lipinski definition) is 6. The first-order chi connectivity index (χ1) is 14.0. The summed E-state index contributed by atoms with van der Waals surface area (Å²) < 4.78 is 7.30.